The highest BCUT2D eigenvalue weighted by molar-refractivity contribution is 5.92. The van der Waals surface area contributed by atoms with Crippen LogP contribution in [0.3, 0.4) is 0 Å². The zero-order valence-electron chi connectivity index (χ0n) is 17.2. The van der Waals surface area contributed by atoms with E-state index in [1.54, 1.807) is 24.3 Å². The van der Waals surface area contributed by atoms with Crippen molar-refractivity contribution in [2.24, 2.45) is 7.05 Å². The SMILES string of the molecule is Cn1c(-c2ccc(NC(=O)COc3ccc4ccc(=O)oc4c3)cc2)nc2ccccc21. The number of para-hydroxylation sites is 2. The molecule has 7 nitrogen and oxygen atoms in total. The first-order chi connectivity index (χ1) is 15.6. The van der Waals surface area contributed by atoms with Crippen LogP contribution in [0.1, 0.15) is 0 Å². The van der Waals surface area contributed by atoms with Crippen molar-refractivity contribution in [1.82, 2.24) is 9.55 Å². The molecule has 0 atom stereocenters. The molecule has 0 unspecified atom stereocenters. The summed E-state index contributed by atoms with van der Waals surface area (Å²) < 4.78 is 12.7. The minimum absolute atomic E-state index is 0.172. The lowest BCUT2D eigenvalue weighted by atomic mass is 10.2. The third-order valence-electron chi connectivity index (χ3n) is 5.18. The van der Waals surface area contributed by atoms with E-state index in [2.05, 4.69) is 5.32 Å². The van der Waals surface area contributed by atoms with Crippen molar-refractivity contribution >= 4 is 33.6 Å². The van der Waals surface area contributed by atoms with Crippen molar-refractivity contribution in [3.8, 4) is 17.1 Å². The summed E-state index contributed by atoms with van der Waals surface area (Å²) in [5.41, 5.74) is 3.58. The molecule has 0 aliphatic heterocycles. The maximum atomic E-state index is 12.3. The van der Waals surface area contributed by atoms with Crippen molar-refractivity contribution in [2.45, 2.75) is 0 Å². The van der Waals surface area contributed by atoms with Gasteiger partial charge in [-0.3, -0.25) is 4.79 Å². The van der Waals surface area contributed by atoms with E-state index in [1.807, 2.05) is 60.1 Å². The summed E-state index contributed by atoms with van der Waals surface area (Å²) in [4.78, 5) is 28.4. The normalized spacial score (nSPS) is 11.0. The van der Waals surface area contributed by atoms with Gasteiger partial charge in [0, 0.05) is 35.8 Å². The van der Waals surface area contributed by atoms with Crippen LogP contribution in [0.25, 0.3) is 33.4 Å². The van der Waals surface area contributed by atoms with Crippen LogP contribution in [0.15, 0.2) is 88.1 Å². The Morgan fingerprint density at radius 1 is 1.03 bits per heavy atom. The molecule has 0 radical (unpaired) electrons. The Morgan fingerprint density at radius 3 is 2.62 bits per heavy atom. The fourth-order valence-electron chi connectivity index (χ4n) is 3.58. The predicted molar refractivity (Wildman–Crippen MR) is 123 cm³/mol. The van der Waals surface area contributed by atoms with Crippen molar-refractivity contribution in [1.29, 1.82) is 0 Å². The van der Waals surface area contributed by atoms with Gasteiger partial charge in [-0.1, -0.05) is 12.1 Å². The lowest BCUT2D eigenvalue weighted by Crippen LogP contribution is -2.20. The second-order valence-electron chi connectivity index (χ2n) is 7.35. The molecule has 0 aliphatic rings. The number of rotatable bonds is 5. The Balaban J connectivity index is 1.25. The van der Waals surface area contributed by atoms with E-state index < -0.39 is 5.63 Å². The lowest BCUT2D eigenvalue weighted by molar-refractivity contribution is -0.118. The van der Waals surface area contributed by atoms with Gasteiger partial charge in [-0.15, -0.1) is 0 Å². The molecule has 0 spiro atoms. The van der Waals surface area contributed by atoms with Gasteiger partial charge in [0.25, 0.3) is 5.91 Å². The zero-order chi connectivity index (χ0) is 22.1. The summed E-state index contributed by atoms with van der Waals surface area (Å²) in [6.45, 7) is -0.172. The molecule has 158 valence electrons. The Labute approximate surface area is 182 Å². The number of amides is 1. The van der Waals surface area contributed by atoms with Gasteiger partial charge in [0.05, 0.1) is 11.0 Å². The highest BCUT2D eigenvalue weighted by atomic mass is 16.5. The van der Waals surface area contributed by atoms with Crippen LogP contribution in [-0.4, -0.2) is 22.1 Å². The summed E-state index contributed by atoms with van der Waals surface area (Å²) in [6, 6.07) is 23.6. The minimum Gasteiger partial charge on any atom is -0.484 e. The van der Waals surface area contributed by atoms with Crippen LogP contribution in [-0.2, 0) is 11.8 Å². The number of ether oxygens (including phenoxy) is 1. The average molecular weight is 425 g/mol. The van der Waals surface area contributed by atoms with Crippen molar-refractivity contribution < 1.29 is 13.9 Å². The minimum atomic E-state index is -0.436. The molecule has 5 rings (SSSR count). The maximum absolute atomic E-state index is 12.3. The number of anilines is 1. The standard InChI is InChI=1S/C25H19N3O4/c1-28-21-5-3-2-4-20(21)27-25(28)17-6-10-18(11-7-17)26-23(29)15-31-19-12-8-16-9-13-24(30)32-22(16)14-19/h2-14H,15H2,1H3,(H,26,29). The molecule has 0 bridgehead atoms. The lowest BCUT2D eigenvalue weighted by Gasteiger charge is -2.09. The van der Waals surface area contributed by atoms with Crippen molar-refractivity contribution in [3.63, 3.8) is 0 Å². The molecule has 1 N–H and O–H groups in total. The Kier molecular flexibility index (Phi) is 4.91. The van der Waals surface area contributed by atoms with E-state index in [9.17, 15) is 9.59 Å². The molecule has 0 saturated heterocycles. The largest absolute Gasteiger partial charge is 0.484 e. The number of nitrogens with zero attached hydrogens (tertiary/aromatic N) is 2. The smallest absolute Gasteiger partial charge is 0.336 e. The predicted octanol–water partition coefficient (Wildman–Crippen LogP) is 4.36. The Bertz CT molecular complexity index is 1500. The fourth-order valence-corrected chi connectivity index (χ4v) is 3.58. The molecule has 1 amide bonds. The molecule has 2 aromatic heterocycles. The molecule has 0 fully saturated rings. The summed E-state index contributed by atoms with van der Waals surface area (Å²) in [7, 11) is 1.98. The van der Waals surface area contributed by atoms with Gasteiger partial charge < -0.3 is 19.0 Å². The second kappa shape index (κ2) is 8.03. The number of imidazole rings is 1. The van der Waals surface area contributed by atoms with Crippen LogP contribution in [0.2, 0.25) is 0 Å². The molecular weight excluding hydrogens is 406 g/mol. The topological polar surface area (TPSA) is 86.4 Å². The van der Waals surface area contributed by atoms with E-state index >= 15 is 0 Å². The van der Waals surface area contributed by atoms with E-state index in [1.165, 1.54) is 6.07 Å². The summed E-state index contributed by atoms with van der Waals surface area (Å²) in [5.74, 6) is 1.00. The monoisotopic (exact) mass is 425 g/mol. The fraction of sp³-hybridized carbons (Fsp3) is 0.0800. The molecule has 7 heteroatoms. The second-order valence-corrected chi connectivity index (χ2v) is 7.35. The van der Waals surface area contributed by atoms with Crippen LogP contribution < -0.4 is 15.7 Å². The highest BCUT2D eigenvalue weighted by Crippen LogP contribution is 2.25. The molecule has 2 heterocycles. The van der Waals surface area contributed by atoms with Crippen LogP contribution in [0.4, 0.5) is 5.69 Å². The number of hydrogen-bond donors (Lipinski definition) is 1. The summed E-state index contributed by atoms with van der Waals surface area (Å²) >= 11 is 0. The van der Waals surface area contributed by atoms with E-state index in [0.29, 0.717) is 17.0 Å². The van der Waals surface area contributed by atoms with E-state index in [0.717, 1.165) is 27.8 Å². The number of benzene rings is 3. The van der Waals surface area contributed by atoms with Gasteiger partial charge in [-0.25, -0.2) is 9.78 Å². The third kappa shape index (κ3) is 3.83. The summed E-state index contributed by atoms with van der Waals surface area (Å²) in [6.07, 6.45) is 0. The number of hydrogen-bond acceptors (Lipinski definition) is 5. The van der Waals surface area contributed by atoms with Crippen LogP contribution >= 0.6 is 0 Å². The number of aromatic nitrogens is 2. The molecule has 0 saturated carbocycles. The van der Waals surface area contributed by atoms with Gasteiger partial charge in [-0.05, 0) is 54.6 Å². The number of fused-ring (bicyclic) bond motifs is 2. The number of aryl methyl sites for hydroxylation is 1. The third-order valence-corrected chi connectivity index (χ3v) is 5.18. The molecule has 32 heavy (non-hydrogen) atoms. The van der Waals surface area contributed by atoms with Gasteiger partial charge in [0.15, 0.2) is 6.61 Å². The van der Waals surface area contributed by atoms with Crippen LogP contribution in [0, 0.1) is 0 Å². The molecule has 5 aromatic rings. The van der Waals surface area contributed by atoms with Crippen LogP contribution in [0.5, 0.6) is 5.75 Å². The number of nitrogens with one attached hydrogen (secondary N) is 1. The van der Waals surface area contributed by atoms with E-state index in [4.69, 9.17) is 14.1 Å². The van der Waals surface area contributed by atoms with Crippen molar-refractivity contribution in [2.75, 3.05) is 11.9 Å². The molecule has 3 aromatic carbocycles. The summed E-state index contributed by atoms with van der Waals surface area (Å²) in [5, 5.41) is 3.59. The number of carbonyl (C=O) groups is 1. The van der Waals surface area contributed by atoms with Gasteiger partial charge in [0.1, 0.15) is 17.2 Å². The van der Waals surface area contributed by atoms with Gasteiger partial charge in [-0.2, -0.15) is 0 Å². The average Bonchev–Trinajstić information content (AvgIpc) is 3.14. The Hall–Kier alpha value is -4.39. The van der Waals surface area contributed by atoms with E-state index in [-0.39, 0.29) is 12.5 Å². The van der Waals surface area contributed by atoms with Gasteiger partial charge in [0.2, 0.25) is 0 Å². The molecule has 0 aliphatic carbocycles. The first-order valence-electron chi connectivity index (χ1n) is 10.1. The van der Waals surface area contributed by atoms with Crippen molar-refractivity contribution in [3.05, 3.63) is 89.3 Å². The quantitative estimate of drug-likeness (QED) is 0.423. The Morgan fingerprint density at radius 2 is 1.81 bits per heavy atom. The molecular formula is C25H19N3O4. The van der Waals surface area contributed by atoms with Gasteiger partial charge >= 0.3 is 5.63 Å². The number of carbonyl (C=O) groups excluding carboxylic acids is 1. The first kappa shape index (κ1) is 19.6. The first-order valence-corrected chi connectivity index (χ1v) is 10.1. The highest BCUT2D eigenvalue weighted by Gasteiger charge is 2.10. The zero-order valence-corrected chi connectivity index (χ0v) is 17.2. The maximum Gasteiger partial charge on any atom is 0.336 e.